The maximum atomic E-state index is 13.3. The summed E-state index contributed by atoms with van der Waals surface area (Å²) in [6, 6.07) is 13.8. The second-order valence-corrected chi connectivity index (χ2v) is 7.15. The zero-order valence-corrected chi connectivity index (χ0v) is 16.7. The molecule has 1 aromatic heterocycles. The number of hydrogen-bond acceptors (Lipinski definition) is 6. The quantitative estimate of drug-likeness (QED) is 0.474. The summed E-state index contributed by atoms with van der Waals surface area (Å²) in [4.78, 5) is 25.7. The van der Waals surface area contributed by atoms with Crippen LogP contribution in [0.25, 0.3) is 5.69 Å². The summed E-state index contributed by atoms with van der Waals surface area (Å²) >= 11 is 0. The van der Waals surface area contributed by atoms with Crippen molar-refractivity contribution >= 4 is 11.6 Å². The van der Waals surface area contributed by atoms with Gasteiger partial charge in [0.25, 0.3) is 11.6 Å². The Bertz CT molecular complexity index is 1110. The van der Waals surface area contributed by atoms with E-state index in [9.17, 15) is 14.9 Å². The Morgan fingerprint density at radius 3 is 2.80 bits per heavy atom. The number of non-ortho nitro benzene ring substituents is 1. The van der Waals surface area contributed by atoms with Crippen LogP contribution in [0.1, 0.15) is 40.6 Å². The molecular weight excluding hydrogens is 386 g/mol. The van der Waals surface area contributed by atoms with Gasteiger partial charge in [-0.1, -0.05) is 23.4 Å². The average molecular weight is 407 g/mol. The molecule has 4 rings (SSSR count). The average Bonchev–Trinajstić information content (AvgIpc) is 3.40. The van der Waals surface area contributed by atoms with Crippen LogP contribution in [-0.2, 0) is 0 Å². The SMILES string of the molecule is COc1cccc(C2CCCN2C(=O)c2nnn(-c3cccc([N+](=O)[O-])c3)c2C)c1. The lowest BCUT2D eigenvalue weighted by Gasteiger charge is -2.24. The summed E-state index contributed by atoms with van der Waals surface area (Å²) in [6.45, 7) is 2.37. The summed E-state index contributed by atoms with van der Waals surface area (Å²) in [7, 11) is 1.62. The van der Waals surface area contributed by atoms with Crippen molar-refractivity contribution < 1.29 is 14.5 Å². The maximum Gasteiger partial charge on any atom is 0.276 e. The number of ether oxygens (including phenoxy) is 1. The highest BCUT2D eigenvalue weighted by Crippen LogP contribution is 2.34. The van der Waals surface area contributed by atoms with E-state index < -0.39 is 4.92 Å². The van der Waals surface area contributed by atoms with Crippen LogP contribution in [0.15, 0.2) is 48.5 Å². The number of carbonyl (C=O) groups excluding carboxylic acids is 1. The van der Waals surface area contributed by atoms with E-state index in [4.69, 9.17) is 4.74 Å². The molecule has 2 heterocycles. The largest absolute Gasteiger partial charge is 0.497 e. The van der Waals surface area contributed by atoms with Crippen molar-refractivity contribution in [1.82, 2.24) is 19.9 Å². The number of methoxy groups -OCH3 is 1. The van der Waals surface area contributed by atoms with Crippen LogP contribution in [-0.4, -0.2) is 44.4 Å². The van der Waals surface area contributed by atoms with Gasteiger partial charge in [0.15, 0.2) is 5.69 Å². The van der Waals surface area contributed by atoms with Crippen LogP contribution in [0.2, 0.25) is 0 Å². The van der Waals surface area contributed by atoms with E-state index in [1.807, 2.05) is 29.2 Å². The predicted octanol–water partition coefficient (Wildman–Crippen LogP) is 3.47. The molecule has 1 amide bonds. The maximum absolute atomic E-state index is 13.3. The molecule has 1 saturated heterocycles. The van der Waals surface area contributed by atoms with Gasteiger partial charge in [-0.3, -0.25) is 14.9 Å². The zero-order chi connectivity index (χ0) is 21.3. The number of rotatable bonds is 5. The summed E-state index contributed by atoms with van der Waals surface area (Å²) in [5.41, 5.74) is 2.24. The molecule has 0 bridgehead atoms. The second-order valence-electron chi connectivity index (χ2n) is 7.15. The molecule has 1 unspecified atom stereocenters. The lowest BCUT2D eigenvalue weighted by molar-refractivity contribution is -0.384. The molecule has 0 saturated carbocycles. The number of nitro benzene ring substituents is 1. The number of carbonyl (C=O) groups is 1. The predicted molar refractivity (Wildman–Crippen MR) is 109 cm³/mol. The number of nitro groups is 1. The first-order valence-electron chi connectivity index (χ1n) is 9.61. The Hall–Kier alpha value is -3.75. The molecule has 0 radical (unpaired) electrons. The van der Waals surface area contributed by atoms with Crippen molar-refractivity contribution in [3.8, 4) is 11.4 Å². The fraction of sp³-hybridized carbons (Fsp3) is 0.286. The number of benzene rings is 2. The highest BCUT2D eigenvalue weighted by molar-refractivity contribution is 5.93. The fourth-order valence-electron chi connectivity index (χ4n) is 3.85. The first kappa shape index (κ1) is 19.6. The van der Waals surface area contributed by atoms with E-state index in [-0.39, 0.29) is 23.3 Å². The molecule has 1 aliphatic rings. The van der Waals surface area contributed by atoms with Crippen LogP contribution in [0, 0.1) is 17.0 Å². The Labute approximate surface area is 173 Å². The molecule has 0 aliphatic carbocycles. The van der Waals surface area contributed by atoms with Crippen LogP contribution >= 0.6 is 0 Å². The van der Waals surface area contributed by atoms with Gasteiger partial charge < -0.3 is 9.64 Å². The van der Waals surface area contributed by atoms with Gasteiger partial charge in [-0.15, -0.1) is 5.10 Å². The number of amides is 1. The molecule has 9 heteroatoms. The minimum absolute atomic E-state index is 0.0482. The standard InChI is InChI=1S/C21H21N5O4/c1-14-20(22-23-25(14)16-7-4-8-17(13-16)26(28)29)21(27)24-11-5-10-19(24)15-6-3-9-18(12-15)30-2/h3-4,6-9,12-13,19H,5,10-11H2,1-2H3. The summed E-state index contributed by atoms with van der Waals surface area (Å²) in [5.74, 6) is 0.550. The third kappa shape index (κ3) is 3.49. The lowest BCUT2D eigenvalue weighted by Crippen LogP contribution is -2.31. The Kier molecular flexibility index (Phi) is 5.18. The molecule has 1 aliphatic heterocycles. The summed E-state index contributed by atoms with van der Waals surface area (Å²) in [5, 5.41) is 19.2. The highest BCUT2D eigenvalue weighted by Gasteiger charge is 2.33. The van der Waals surface area contributed by atoms with Crippen LogP contribution < -0.4 is 4.74 Å². The molecule has 0 N–H and O–H groups in total. The third-order valence-electron chi connectivity index (χ3n) is 5.37. The molecule has 1 fully saturated rings. The molecule has 0 spiro atoms. The van der Waals surface area contributed by atoms with E-state index in [1.165, 1.54) is 16.8 Å². The number of aromatic nitrogens is 3. The molecular formula is C21H21N5O4. The van der Waals surface area contributed by atoms with Gasteiger partial charge in [-0.25, -0.2) is 4.68 Å². The molecule has 3 aromatic rings. The molecule has 1 atom stereocenters. The normalized spacial score (nSPS) is 15.9. The monoisotopic (exact) mass is 407 g/mol. The van der Waals surface area contributed by atoms with Gasteiger partial charge in [-0.2, -0.15) is 0 Å². The van der Waals surface area contributed by atoms with Gasteiger partial charge >= 0.3 is 0 Å². The van der Waals surface area contributed by atoms with Crippen molar-refractivity contribution in [2.45, 2.75) is 25.8 Å². The van der Waals surface area contributed by atoms with Gasteiger partial charge in [0.2, 0.25) is 0 Å². The molecule has 30 heavy (non-hydrogen) atoms. The van der Waals surface area contributed by atoms with E-state index in [2.05, 4.69) is 10.3 Å². The lowest BCUT2D eigenvalue weighted by atomic mass is 10.0. The van der Waals surface area contributed by atoms with Gasteiger partial charge in [-0.05, 0) is 43.5 Å². The van der Waals surface area contributed by atoms with E-state index in [0.717, 1.165) is 24.2 Å². The number of nitrogens with zero attached hydrogens (tertiary/aromatic N) is 5. The number of hydrogen-bond donors (Lipinski definition) is 0. The Morgan fingerprint density at radius 1 is 1.23 bits per heavy atom. The Morgan fingerprint density at radius 2 is 2.03 bits per heavy atom. The van der Waals surface area contributed by atoms with Gasteiger partial charge in [0.1, 0.15) is 5.75 Å². The summed E-state index contributed by atoms with van der Waals surface area (Å²) in [6.07, 6.45) is 1.75. The topological polar surface area (TPSA) is 103 Å². The molecule has 9 nitrogen and oxygen atoms in total. The highest BCUT2D eigenvalue weighted by atomic mass is 16.6. The number of likely N-dealkylation sites (tertiary alicyclic amines) is 1. The summed E-state index contributed by atoms with van der Waals surface area (Å²) < 4.78 is 6.77. The van der Waals surface area contributed by atoms with Crippen molar-refractivity contribution in [2.75, 3.05) is 13.7 Å². The minimum Gasteiger partial charge on any atom is -0.497 e. The molecule has 154 valence electrons. The van der Waals surface area contributed by atoms with Crippen LogP contribution in [0.4, 0.5) is 5.69 Å². The van der Waals surface area contributed by atoms with Crippen molar-refractivity contribution in [1.29, 1.82) is 0 Å². The van der Waals surface area contributed by atoms with Crippen molar-refractivity contribution in [3.05, 3.63) is 75.6 Å². The van der Waals surface area contributed by atoms with E-state index in [0.29, 0.717) is 17.9 Å². The first-order chi connectivity index (χ1) is 14.5. The first-order valence-corrected chi connectivity index (χ1v) is 9.61. The van der Waals surface area contributed by atoms with Gasteiger partial charge in [0, 0.05) is 18.7 Å². The van der Waals surface area contributed by atoms with Crippen LogP contribution in [0.3, 0.4) is 0 Å². The van der Waals surface area contributed by atoms with Crippen LogP contribution in [0.5, 0.6) is 5.75 Å². The third-order valence-corrected chi connectivity index (χ3v) is 5.37. The van der Waals surface area contributed by atoms with Crippen molar-refractivity contribution in [2.24, 2.45) is 0 Å². The smallest absolute Gasteiger partial charge is 0.276 e. The van der Waals surface area contributed by atoms with Crippen molar-refractivity contribution in [3.63, 3.8) is 0 Å². The van der Waals surface area contributed by atoms with Gasteiger partial charge in [0.05, 0.1) is 29.5 Å². The van der Waals surface area contributed by atoms with E-state index in [1.54, 1.807) is 26.2 Å². The Balaban J connectivity index is 1.64. The zero-order valence-electron chi connectivity index (χ0n) is 16.7. The fourth-order valence-corrected chi connectivity index (χ4v) is 3.85. The minimum atomic E-state index is -0.467. The van der Waals surface area contributed by atoms with E-state index >= 15 is 0 Å². The second kappa shape index (κ2) is 7.94. The molecule has 2 aromatic carbocycles.